The van der Waals surface area contributed by atoms with Crippen LogP contribution in [0.2, 0.25) is 0 Å². The molecule has 1 aromatic heterocycles. The summed E-state index contributed by atoms with van der Waals surface area (Å²) in [6.45, 7) is 11.0. The standard InChI is InChI=1S/C24H26FN5O4S/c1-26-21-14-18(2-4-20(21)25)16-28-9-6-24(7-10-28)8-11-29(17-24)35(32,33)19-3-5-22(27-15-19)30-12-13-34-23(30)31/h2-5,14-15H,6-13,16-17H2. The summed E-state index contributed by atoms with van der Waals surface area (Å²) in [5.41, 5.74) is 0.887. The van der Waals surface area contributed by atoms with E-state index in [9.17, 15) is 17.6 Å². The summed E-state index contributed by atoms with van der Waals surface area (Å²) in [5, 5.41) is 0. The molecule has 0 aliphatic carbocycles. The number of hydrogen-bond donors (Lipinski definition) is 0. The van der Waals surface area contributed by atoms with Gasteiger partial charge in [0.2, 0.25) is 15.7 Å². The fourth-order valence-corrected chi connectivity index (χ4v) is 6.63. The number of piperidine rings is 1. The number of likely N-dealkylation sites (tertiary alicyclic amines) is 1. The summed E-state index contributed by atoms with van der Waals surface area (Å²) in [5.74, 6) is -0.126. The fraction of sp³-hybridized carbons (Fsp3) is 0.458. The number of halogens is 1. The van der Waals surface area contributed by atoms with Gasteiger partial charge < -0.3 is 4.74 Å². The normalized spacial score (nSPS) is 20.8. The predicted octanol–water partition coefficient (Wildman–Crippen LogP) is 3.40. The minimum absolute atomic E-state index is 0.0375. The van der Waals surface area contributed by atoms with E-state index in [1.807, 2.05) is 0 Å². The maximum absolute atomic E-state index is 13.6. The Kier molecular flexibility index (Phi) is 6.21. The number of pyridine rings is 1. The van der Waals surface area contributed by atoms with Gasteiger partial charge >= 0.3 is 6.09 Å². The van der Waals surface area contributed by atoms with Crippen LogP contribution >= 0.6 is 0 Å². The Morgan fingerprint density at radius 3 is 2.54 bits per heavy atom. The first-order valence-corrected chi connectivity index (χ1v) is 13.0. The lowest BCUT2D eigenvalue weighted by molar-refractivity contribution is 0.109. The Morgan fingerprint density at radius 1 is 1.11 bits per heavy atom. The number of carbonyl (C=O) groups is 1. The molecule has 4 heterocycles. The van der Waals surface area contributed by atoms with E-state index in [0.717, 1.165) is 37.9 Å². The zero-order chi connectivity index (χ0) is 24.6. The predicted molar refractivity (Wildman–Crippen MR) is 126 cm³/mol. The van der Waals surface area contributed by atoms with E-state index >= 15 is 0 Å². The highest BCUT2D eigenvalue weighted by atomic mass is 32.2. The van der Waals surface area contributed by atoms with Crippen LogP contribution in [0.1, 0.15) is 24.8 Å². The van der Waals surface area contributed by atoms with Crippen molar-refractivity contribution in [3.63, 3.8) is 0 Å². The number of amides is 1. The topological polar surface area (TPSA) is 87.4 Å². The molecular formula is C24H26FN5O4S. The molecule has 3 aliphatic heterocycles. The molecule has 1 amide bonds. The lowest BCUT2D eigenvalue weighted by Gasteiger charge is -2.39. The number of hydrogen-bond acceptors (Lipinski definition) is 6. The largest absolute Gasteiger partial charge is 0.447 e. The van der Waals surface area contributed by atoms with Crippen LogP contribution in [-0.4, -0.2) is 68.0 Å². The number of sulfonamides is 1. The third kappa shape index (κ3) is 4.61. The van der Waals surface area contributed by atoms with E-state index in [0.29, 0.717) is 38.6 Å². The summed E-state index contributed by atoms with van der Waals surface area (Å²) >= 11 is 0. The molecule has 5 rings (SSSR count). The molecule has 9 nitrogen and oxygen atoms in total. The van der Waals surface area contributed by atoms with Crippen LogP contribution in [0.4, 0.5) is 20.7 Å². The van der Waals surface area contributed by atoms with Crippen molar-refractivity contribution in [2.75, 3.05) is 44.2 Å². The Morgan fingerprint density at radius 2 is 1.89 bits per heavy atom. The third-order valence-electron chi connectivity index (χ3n) is 7.25. The van der Waals surface area contributed by atoms with Gasteiger partial charge in [0.15, 0.2) is 0 Å². The van der Waals surface area contributed by atoms with Gasteiger partial charge in [-0.1, -0.05) is 6.07 Å². The molecule has 3 aliphatic rings. The fourth-order valence-electron chi connectivity index (χ4n) is 5.13. The zero-order valence-corrected chi connectivity index (χ0v) is 20.0. The van der Waals surface area contributed by atoms with Crippen molar-refractivity contribution in [2.45, 2.75) is 30.7 Å². The number of ether oxygens (including phenoxy) is 1. The number of aromatic nitrogens is 1. The van der Waals surface area contributed by atoms with Crippen LogP contribution in [0.3, 0.4) is 0 Å². The summed E-state index contributed by atoms with van der Waals surface area (Å²) in [6.07, 6.45) is 3.40. The number of benzene rings is 1. The molecule has 0 radical (unpaired) electrons. The lowest BCUT2D eigenvalue weighted by atomic mass is 9.78. The molecule has 11 heteroatoms. The van der Waals surface area contributed by atoms with Gasteiger partial charge in [0.1, 0.15) is 23.1 Å². The molecule has 0 bridgehead atoms. The van der Waals surface area contributed by atoms with Crippen molar-refractivity contribution in [2.24, 2.45) is 5.41 Å². The van der Waals surface area contributed by atoms with Crippen molar-refractivity contribution in [3.8, 4) is 0 Å². The van der Waals surface area contributed by atoms with Crippen LogP contribution in [0.25, 0.3) is 4.85 Å². The monoisotopic (exact) mass is 499 g/mol. The Labute approximate surface area is 204 Å². The van der Waals surface area contributed by atoms with Crippen LogP contribution in [-0.2, 0) is 21.3 Å². The van der Waals surface area contributed by atoms with E-state index in [4.69, 9.17) is 11.3 Å². The molecule has 1 aromatic carbocycles. The first kappa shape index (κ1) is 23.7. The molecule has 0 saturated carbocycles. The number of cyclic esters (lactones) is 1. The van der Waals surface area contributed by atoms with Gasteiger partial charge in [-0.2, -0.15) is 4.31 Å². The van der Waals surface area contributed by atoms with Gasteiger partial charge in [-0.05, 0) is 67.6 Å². The first-order valence-electron chi connectivity index (χ1n) is 11.6. The third-order valence-corrected chi connectivity index (χ3v) is 9.08. The van der Waals surface area contributed by atoms with Crippen LogP contribution in [0.5, 0.6) is 0 Å². The number of anilines is 1. The maximum Gasteiger partial charge on any atom is 0.415 e. The second-order valence-corrected chi connectivity index (χ2v) is 11.3. The number of nitrogens with zero attached hydrogens (tertiary/aromatic N) is 5. The maximum atomic E-state index is 13.6. The van der Waals surface area contributed by atoms with Gasteiger partial charge in [-0.15, -0.1) is 0 Å². The van der Waals surface area contributed by atoms with Crippen molar-refractivity contribution in [3.05, 3.63) is 59.3 Å². The minimum atomic E-state index is -3.68. The van der Waals surface area contributed by atoms with E-state index in [-0.39, 0.29) is 16.0 Å². The molecule has 184 valence electrons. The van der Waals surface area contributed by atoms with Crippen molar-refractivity contribution in [1.29, 1.82) is 0 Å². The minimum Gasteiger partial charge on any atom is -0.447 e. The highest BCUT2D eigenvalue weighted by Crippen LogP contribution is 2.42. The average molecular weight is 500 g/mol. The second kappa shape index (κ2) is 9.18. The van der Waals surface area contributed by atoms with E-state index < -0.39 is 21.9 Å². The molecule has 35 heavy (non-hydrogen) atoms. The first-order chi connectivity index (χ1) is 16.8. The SMILES string of the molecule is [C-]#[N+]c1cc(CN2CCC3(CC2)CCN(S(=O)(=O)c2ccc(N4CCOC4=O)nc2)C3)ccc1F. The summed E-state index contributed by atoms with van der Waals surface area (Å²) in [6, 6.07) is 7.69. The Balaban J connectivity index is 1.20. The van der Waals surface area contributed by atoms with Gasteiger partial charge in [0, 0.05) is 25.8 Å². The Hall–Kier alpha value is -3.07. The van der Waals surface area contributed by atoms with Gasteiger partial charge in [-0.3, -0.25) is 9.80 Å². The van der Waals surface area contributed by atoms with Crippen LogP contribution in [0.15, 0.2) is 41.4 Å². The van der Waals surface area contributed by atoms with Crippen LogP contribution < -0.4 is 4.90 Å². The highest BCUT2D eigenvalue weighted by molar-refractivity contribution is 7.89. The number of carbonyl (C=O) groups excluding carboxylic acids is 1. The molecule has 0 unspecified atom stereocenters. The molecule has 3 saturated heterocycles. The Bertz CT molecular complexity index is 1270. The highest BCUT2D eigenvalue weighted by Gasteiger charge is 2.44. The quantitative estimate of drug-likeness (QED) is 0.586. The van der Waals surface area contributed by atoms with E-state index in [1.165, 1.54) is 23.2 Å². The summed E-state index contributed by atoms with van der Waals surface area (Å²) in [7, 11) is -3.68. The van der Waals surface area contributed by atoms with Gasteiger partial charge in [0.05, 0.1) is 13.1 Å². The average Bonchev–Trinajstić information content (AvgIpc) is 3.49. The van der Waals surface area contributed by atoms with Crippen molar-refractivity contribution >= 4 is 27.6 Å². The van der Waals surface area contributed by atoms with Gasteiger partial charge in [-0.25, -0.2) is 27.4 Å². The molecule has 0 N–H and O–H groups in total. The summed E-state index contributed by atoms with van der Waals surface area (Å²) < 4.78 is 46.6. The number of rotatable bonds is 5. The molecule has 0 atom stereocenters. The van der Waals surface area contributed by atoms with Crippen molar-refractivity contribution < 1.29 is 22.3 Å². The van der Waals surface area contributed by atoms with Crippen LogP contribution in [0, 0.1) is 17.8 Å². The summed E-state index contributed by atoms with van der Waals surface area (Å²) in [4.78, 5) is 22.9. The zero-order valence-electron chi connectivity index (χ0n) is 19.2. The van der Waals surface area contributed by atoms with E-state index in [2.05, 4.69) is 14.7 Å². The molecule has 1 spiro atoms. The molecule has 3 fully saturated rings. The lowest BCUT2D eigenvalue weighted by Crippen LogP contribution is -2.41. The molecule has 2 aromatic rings. The van der Waals surface area contributed by atoms with E-state index in [1.54, 1.807) is 22.5 Å². The second-order valence-electron chi connectivity index (χ2n) is 9.38. The molecular weight excluding hydrogens is 473 g/mol. The van der Waals surface area contributed by atoms with Crippen molar-refractivity contribution in [1.82, 2.24) is 14.2 Å². The van der Waals surface area contributed by atoms with Gasteiger partial charge in [0.25, 0.3) is 0 Å². The smallest absolute Gasteiger partial charge is 0.415 e.